The van der Waals surface area contributed by atoms with Gasteiger partial charge in [0.2, 0.25) is 5.88 Å². The Labute approximate surface area is 244 Å². The van der Waals surface area contributed by atoms with E-state index in [-0.39, 0.29) is 6.10 Å². The summed E-state index contributed by atoms with van der Waals surface area (Å²) in [6.07, 6.45) is 2.26. The first-order valence-corrected chi connectivity index (χ1v) is 14.0. The van der Waals surface area contributed by atoms with Crippen LogP contribution in [0.1, 0.15) is 23.4 Å². The quantitative estimate of drug-likeness (QED) is 0.235. The number of hydrogen-bond donors (Lipinski definition) is 2. The molecule has 6 rings (SSSR count). The molecular formula is C32H31ClN6O2. The van der Waals surface area contributed by atoms with Crippen LogP contribution in [0.3, 0.4) is 0 Å². The second-order valence-corrected chi connectivity index (χ2v) is 10.7. The lowest BCUT2D eigenvalue weighted by molar-refractivity contribution is 0.174. The molecule has 2 N–H and O–H groups in total. The van der Waals surface area contributed by atoms with Crippen molar-refractivity contribution >= 4 is 34.1 Å². The van der Waals surface area contributed by atoms with Gasteiger partial charge in [0.1, 0.15) is 11.3 Å². The second kappa shape index (κ2) is 11.4. The number of hydrogen-bond acceptors (Lipinski definition) is 8. The SMILES string of the molecule is COc1nc(-c2cccc(-c3cccc(Nc4nc(C)nc5cccnc45)c3C)c2Cl)ccc1CN1CC[C@@H](O)C1. The first kappa shape index (κ1) is 27.1. The molecule has 0 bridgehead atoms. The average molecular weight is 567 g/mol. The molecule has 0 saturated carbocycles. The molecule has 0 unspecified atom stereocenters. The van der Waals surface area contributed by atoms with E-state index in [1.807, 2.05) is 61.5 Å². The van der Waals surface area contributed by atoms with Crippen molar-refractivity contribution < 1.29 is 9.84 Å². The van der Waals surface area contributed by atoms with Gasteiger partial charge in [0.05, 0.1) is 29.4 Å². The molecule has 208 valence electrons. The monoisotopic (exact) mass is 566 g/mol. The number of pyridine rings is 2. The zero-order chi connectivity index (χ0) is 28.5. The molecule has 0 spiro atoms. The van der Waals surface area contributed by atoms with E-state index in [2.05, 4.69) is 38.2 Å². The summed E-state index contributed by atoms with van der Waals surface area (Å²) in [6, 6.07) is 19.9. The van der Waals surface area contributed by atoms with Gasteiger partial charge >= 0.3 is 0 Å². The third kappa shape index (κ3) is 5.46. The lowest BCUT2D eigenvalue weighted by atomic mass is 9.96. The summed E-state index contributed by atoms with van der Waals surface area (Å²) in [7, 11) is 1.63. The molecule has 1 atom stereocenters. The molecule has 0 aliphatic carbocycles. The van der Waals surface area contributed by atoms with Gasteiger partial charge in [0.15, 0.2) is 5.82 Å². The third-order valence-electron chi connectivity index (χ3n) is 7.49. The van der Waals surface area contributed by atoms with E-state index in [0.717, 1.165) is 57.7 Å². The van der Waals surface area contributed by atoms with Gasteiger partial charge in [0, 0.05) is 48.2 Å². The van der Waals surface area contributed by atoms with Crippen LogP contribution in [0.5, 0.6) is 5.88 Å². The van der Waals surface area contributed by atoms with E-state index in [0.29, 0.717) is 41.2 Å². The van der Waals surface area contributed by atoms with Crippen LogP contribution in [-0.2, 0) is 6.54 Å². The Morgan fingerprint density at radius 3 is 2.59 bits per heavy atom. The van der Waals surface area contributed by atoms with Crippen LogP contribution in [0.15, 0.2) is 66.9 Å². The number of halogens is 1. The molecule has 1 aliphatic rings. The standard InChI is InChI=1S/C32H31ClN6O2/c1-19-23(7-5-10-26(19)37-31-30-28(11-6-15-34-30)35-20(2)36-31)24-8-4-9-25(29(24)33)27-13-12-21(32(38-27)41-3)17-39-16-14-22(40)18-39/h4-13,15,22,40H,14,16-18H2,1-3H3,(H,35,36,37)/t22-/m1/s1. The molecule has 41 heavy (non-hydrogen) atoms. The van der Waals surface area contributed by atoms with Crippen molar-refractivity contribution in [2.24, 2.45) is 0 Å². The number of anilines is 2. The fourth-order valence-corrected chi connectivity index (χ4v) is 5.74. The van der Waals surface area contributed by atoms with E-state index in [1.165, 1.54) is 0 Å². The second-order valence-electron chi connectivity index (χ2n) is 10.3. The maximum absolute atomic E-state index is 9.90. The van der Waals surface area contributed by atoms with Crippen LogP contribution in [0, 0.1) is 13.8 Å². The highest BCUT2D eigenvalue weighted by Gasteiger charge is 2.22. The van der Waals surface area contributed by atoms with Crippen LogP contribution in [0.4, 0.5) is 11.5 Å². The molecule has 0 amide bonds. The zero-order valence-electron chi connectivity index (χ0n) is 23.2. The molecular weight excluding hydrogens is 536 g/mol. The molecule has 8 nitrogen and oxygen atoms in total. The number of benzene rings is 2. The average Bonchev–Trinajstić information content (AvgIpc) is 3.39. The molecule has 1 fully saturated rings. The Balaban J connectivity index is 1.33. The van der Waals surface area contributed by atoms with Crippen LogP contribution in [0.25, 0.3) is 33.4 Å². The van der Waals surface area contributed by atoms with Crippen LogP contribution >= 0.6 is 11.6 Å². The summed E-state index contributed by atoms with van der Waals surface area (Å²) in [5, 5.41) is 14.0. The minimum atomic E-state index is -0.270. The normalized spacial score (nSPS) is 15.4. The van der Waals surface area contributed by atoms with Crippen LogP contribution in [-0.4, -0.2) is 56.2 Å². The number of aryl methyl sites for hydroxylation is 1. The molecule has 2 aromatic carbocycles. The van der Waals surface area contributed by atoms with Gasteiger partial charge in [-0.05, 0) is 55.7 Å². The van der Waals surface area contributed by atoms with Gasteiger partial charge in [-0.15, -0.1) is 0 Å². The smallest absolute Gasteiger partial charge is 0.218 e. The van der Waals surface area contributed by atoms with E-state index in [4.69, 9.17) is 21.3 Å². The predicted octanol–water partition coefficient (Wildman–Crippen LogP) is 6.34. The molecule has 1 saturated heterocycles. The van der Waals surface area contributed by atoms with E-state index in [9.17, 15) is 5.11 Å². The fourth-order valence-electron chi connectivity index (χ4n) is 5.41. The van der Waals surface area contributed by atoms with Crippen molar-refractivity contribution in [1.82, 2.24) is 24.8 Å². The van der Waals surface area contributed by atoms with Crippen LogP contribution in [0.2, 0.25) is 5.02 Å². The Hall–Kier alpha value is -4.11. The van der Waals surface area contributed by atoms with Gasteiger partial charge < -0.3 is 15.2 Å². The van der Waals surface area contributed by atoms with Crippen molar-refractivity contribution in [2.45, 2.75) is 32.9 Å². The number of aromatic nitrogens is 4. The summed E-state index contributed by atoms with van der Waals surface area (Å²) in [6.45, 7) is 6.14. The predicted molar refractivity (Wildman–Crippen MR) is 163 cm³/mol. The van der Waals surface area contributed by atoms with Crippen molar-refractivity contribution in [3.05, 3.63) is 88.8 Å². The Morgan fingerprint density at radius 1 is 0.976 bits per heavy atom. The highest BCUT2D eigenvalue weighted by atomic mass is 35.5. The fraction of sp³-hybridized carbons (Fsp3) is 0.250. The number of nitrogens with zero attached hydrogens (tertiary/aromatic N) is 5. The number of nitrogens with one attached hydrogen (secondary N) is 1. The molecule has 3 aromatic heterocycles. The van der Waals surface area contributed by atoms with Crippen molar-refractivity contribution in [3.8, 4) is 28.3 Å². The van der Waals surface area contributed by atoms with E-state index >= 15 is 0 Å². The first-order chi connectivity index (χ1) is 19.9. The third-order valence-corrected chi connectivity index (χ3v) is 7.90. The maximum atomic E-state index is 9.90. The number of ether oxygens (including phenoxy) is 1. The van der Waals surface area contributed by atoms with E-state index < -0.39 is 0 Å². The summed E-state index contributed by atoms with van der Waals surface area (Å²) < 4.78 is 5.66. The highest BCUT2D eigenvalue weighted by molar-refractivity contribution is 6.36. The molecule has 4 heterocycles. The topological polar surface area (TPSA) is 96.3 Å². The molecule has 1 aliphatic heterocycles. The first-order valence-electron chi connectivity index (χ1n) is 13.6. The van der Waals surface area contributed by atoms with Crippen LogP contribution < -0.4 is 10.1 Å². The number of rotatable bonds is 7. The van der Waals surface area contributed by atoms with Gasteiger partial charge in [-0.2, -0.15) is 0 Å². The van der Waals surface area contributed by atoms with Crippen molar-refractivity contribution in [2.75, 3.05) is 25.5 Å². The lowest BCUT2D eigenvalue weighted by Gasteiger charge is -2.18. The summed E-state index contributed by atoms with van der Waals surface area (Å²) in [5.74, 6) is 1.89. The highest BCUT2D eigenvalue weighted by Crippen LogP contribution is 2.40. The van der Waals surface area contributed by atoms with Crippen molar-refractivity contribution in [1.29, 1.82) is 0 Å². The number of β-amino-alcohol motifs (C(OH)–C–C–N with tert-alkyl or cyclic N) is 1. The Kier molecular flexibility index (Phi) is 7.53. The Morgan fingerprint density at radius 2 is 1.78 bits per heavy atom. The Bertz CT molecular complexity index is 1740. The lowest BCUT2D eigenvalue weighted by Crippen LogP contribution is -2.22. The molecule has 9 heteroatoms. The van der Waals surface area contributed by atoms with E-state index in [1.54, 1.807) is 13.3 Å². The summed E-state index contributed by atoms with van der Waals surface area (Å²) in [4.78, 5) is 20.7. The molecule has 5 aromatic rings. The minimum absolute atomic E-state index is 0.270. The van der Waals surface area contributed by atoms with Crippen molar-refractivity contribution in [3.63, 3.8) is 0 Å². The number of methoxy groups -OCH3 is 1. The van der Waals surface area contributed by atoms with Gasteiger partial charge in [0.25, 0.3) is 0 Å². The minimum Gasteiger partial charge on any atom is -0.481 e. The molecule has 0 radical (unpaired) electrons. The van der Waals surface area contributed by atoms with Gasteiger partial charge in [-0.3, -0.25) is 9.88 Å². The number of aliphatic hydroxyl groups is 1. The number of fused-ring (bicyclic) bond motifs is 1. The number of likely N-dealkylation sites (tertiary alicyclic amines) is 1. The van der Waals surface area contributed by atoms with Gasteiger partial charge in [-0.25, -0.2) is 15.0 Å². The van der Waals surface area contributed by atoms with Gasteiger partial charge in [-0.1, -0.05) is 48.0 Å². The summed E-state index contributed by atoms with van der Waals surface area (Å²) >= 11 is 7.08. The zero-order valence-corrected chi connectivity index (χ0v) is 24.0. The summed E-state index contributed by atoms with van der Waals surface area (Å²) in [5.41, 5.74) is 7.89. The maximum Gasteiger partial charge on any atom is 0.218 e. The number of aliphatic hydroxyl groups excluding tert-OH is 1. The largest absolute Gasteiger partial charge is 0.481 e.